The molecule has 0 aliphatic carbocycles. The molecule has 0 saturated heterocycles. The van der Waals surface area contributed by atoms with E-state index in [0.717, 1.165) is 30.3 Å². The Balaban J connectivity index is 1.83. The highest BCUT2D eigenvalue weighted by Gasteiger charge is 2.49. The predicted octanol–water partition coefficient (Wildman–Crippen LogP) is 4.15. The van der Waals surface area contributed by atoms with Crippen molar-refractivity contribution in [3.05, 3.63) is 46.6 Å². The minimum atomic E-state index is -6.02. The van der Waals surface area contributed by atoms with E-state index in [9.17, 15) is 48.0 Å². The normalized spacial score (nSPS) is 13.6. The fourth-order valence-electron chi connectivity index (χ4n) is 2.76. The molecule has 34 heavy (non-hydrogen) atoms. The molecule has 17 heteroatoms. The minimum absolute atomic E-state index is 0.0192. The first-order valence-corrected chi connectivity index (χ1v) is 11.3. The second-order valence-corrected chi connectivity index (χ2v) is 9.55. The van der Waals surface area contributed by atoms with E-state index >= 15 is 0 Å². The maximum absolute atomic E-state index is 12.8. The van der Waals surface area contributed by atoms with Gasteiger partial charge in [-0.25, -0.2) is 0 Å². The van der Waals surface area contributed by atoms with Crippen LogP contribution in [0, 0.1) is 0 Å². The first kappa shape index (κ1) is 23.7. The highest BCUT2D eigenvalue weighted by Crippen LogP contribution is 2.35. The number of furan rings is 1. The Labute approximate surface area is 183 Å². The lowest BCUT2D eigenvalue weighted by Gasteiger charge is -2.09. The molecule has 0 unspecified atom stereocenters. The van der Waals surface area contributed by atoms with E-state index in [-0.39, 0.29) is 22.1 Å². The highest BCUT2D eigenvalue weighted by molar-refractivity contribution is 7.88. The fourth-order valence-corrected chi connectivity index (χ4v) is 3.67. The fraction of sp³-hybridized carbons (Fsp3) is 0.118. The lowest BCUT2D eigenvalue weighted by Crippen LogP contribution is -2.28. The number of fused-ring (bicyclic) bond motifs is 4. The largest absolute Gasteiger partial charge is 0.534 e. The van der Waals surface area contributed by atoms with Crippen LogP contribution in [0.15, 0.2) is 50.0 Å². The van der Waals surface area contributed by atoms with Crippen LogP contribution >= 0.6 is 0 Å². The quantitative estimate of drug-likeness (QED) is 0.216. The smallest absolute Gasteiger partial charge is 0.452 e. The SMILES string of the molecule is O=c1c2cc(OS(=O)(=O)C(F)(F)F)ccc2oc2c1oc1cc(OS(=O)(=O)C(F)(F)F)ccc12. The van der Waals surface area contributed by atoms with Crippen molar-refractivity contribution in [2.75, 3.05) is 0 Å². The Morgan fingerprint density at radius 1 is 0.647 bits per heavy atom. The maximum atomic E-state index is 12.8. The molecule has 2 aromatic carbocycles. The summed E-state index contributed by atoms with van der Waals surface area (Å²) in [5, 5.41) is -0.428. The molecule has 0 saturated carbocycles. The van der Waals surface area contributed by atoms with Crippen LogP contribution in [-0.2, 0) is 20.2 Å². The van der Waals surface area contributed by atoms with Crippen LogP contribution in [0.1, 0.15) is 0 Å². The van der Waals surface area contributed by atoms with Gasteiger partial charge in [0.25, 0.3) is 0 Å². The summed E-state index contributed by atoms with van der Waals surface area (Å²) in [5.41, 5.74) is -13.7. The summed E-state index contributed by atoms with van der Waals surface area (Å²) < 4.78 is 138. The standard InChI is InChI=1S/C17H6F6O9S2/c18-16(19,20)33(25,26)31-7-2-4-11-10(5-7)13(24)15-14(29-11)9-3-1-8(6-12(9)30-15)32-34(27,28)17(21,22)23/h1-6H. The number of hydrogen-bond donors (Lipinski definition) is 0. The predicted molar refractivity (Wildman–Crippen MR) is 101 cm³/mol. The van der Waals surface area contributed by atoms with E-state index in [1.54, 1.807) is 0 Å². The van der Waals surface area contributed by atoms with Gasteiger partial charge in [-0.1, -0.05) is 0 Å². The molecule has 4 rings (SSSR count). The molecule has 0 atom stereocenters. The number of alkyl halides is 6. The van der Waals surface area contributed by atoms with E-state index in [1.165, 1.54) is 0 Å². The van der Waals surface area contributed by atoms with E-state index < -0.39 is 59.1 Å². The van der Waals surface area contributed by atoms with Gasteiger partial charge < -0.3 is 17.2 Å². The van der Waals surface area contributed by atoms with Gasteiger partial charge >= 0.3 is 31.3 Å². The second-order valence-electron chi connectivity index (χ2n) is 6.47. The third-order valence-electron chi connectivity index (χ3n) is 4.21. The number of benzene rings is 2. The lowest BCUT2D eigenvalue weighted by molar-refractivity contribution is -0.0504. The van der Waals surface area contributed by atoms with Gasteiger partial charge in [0.2, 0.25) is 11.0 Å². The Morgan fingerprint density at radius 3 is 1.71 bits per heavy atom. The summed E-state index contributed by atoms with van der Waals surface area (Å²) in [6, 6.07) is 5.01. The Hall–Kier alpha value is -3.47. The van der Waals surface area contributed by atoms with Gasteiger partial charge in [-0.05, 0) is 30.3 Å². The van der Waals surface area contributed by atoms with Crippen LogP contribution < -0.4 is 13.8 Å². The summed E-state index contributed by atoms with van der Waals surface area (Å²) in [6.07, 6.45) is 0. The Kier molecular flexibility index (Phi) is 5.06. The van der Waals surface area contributed by atoms with Gasteiger partial charge in [-0.2, -0.15) is 43.2 Å². The summed E-state index contributed by atoms with van der Waals surface area (Å²) >= 11 is 0. The monoisotopic (exact) mass is 532 g/mol. The van der Waals surface area contributed by atoms with Crippen LogP contribution in [0.4, 0.5) is 26.3 Å². The van der Waals surface area contributed by atoms with Gasteiger partial charge in [0.05, 0.1) is 10.8 Å². The number of rotatable bonds is 4. The van der Waals surface area contributed by atoms with Crippen molar-refractivity contribution in [3.8, 4) is 11.5 Å². The Bertz CT molecular complexity index is 1730. The van der Waals surface area contributed by atoms with Crippen molar-refractivity contribution < 1.29 is 60.4 Å². The molecule has 0 N–H and O–H groups in total. The third kappa shape index (κ3) is 3.89. The Morgan fingerprint density at radius 2 is 1.15 bits per heavy atom. The molecular formula is C17H6F6O9S2. The molecular weight excluding hydrogens is 526 g/mol. The molecule has 182 valence electrons. The molecule has 0 spiro atoms. The molecule has 2 heterocycles. The van der Waals surface area contributed by atoms with Crippen LogP contribution in [0.2, 0.25) is 0 Å². The van der Waals surface area contributed by atoms with Gasteiger partial charge in [-0.3, -0.25) is 4.79 Å². The molecule has 2 aromatic heterocycles. The summed E-state index contributed by atoms with van der Waals surface area (Å²) in [4.78, 5) is 12.8. The molecule has 4 aromatic rings. The number of halogens is 6. The summed E-state index contributed by atoms with van der Waals surface area (Å²) in [6.45, 7) is 0. The molecule has 0 fully saturated rings. The van der Waals surface area contributed by atoms with Crippen LogP contribution in [0.5, 0.6) is 11.5 Å². The van der Waals surface area contributed by atoms with E-state index in [4.69, 9.17) is 8.83 Å². The van der Waals surface area contributed by atoms with E-state index in [0.29, 0.717) is 6.07 Å². The van der Waals surface area contributed by atoms with Crippen molar-refractivity contribution in [1.82, 2.24) is 0 Å². The maximum Gasteiger partial charge on any atom is 0.534 e. The van der Waals surface area contributed by atoms with Gasteiger partial charge in [0.1, 0.15) is 22.7 Å². The topological polar surface area (TPSA) is 130 Å². The molecule has 0 aliphatic rings. The molecule has 0 bridgehead atoms. The average molecular weight is 532 g/mol. The zero-order chi connectivity index (χ0) is 25.3. The van der Waals surface area contributed by atoms with Crippen LogP contribution in [0.3, 0.4) is 0 Å². The highest BCUT2D eigenvalue weighted by atomic mass is 32.2. The van der Waals surface area contributed by atoms with Crippen LogP contribution in [-0.4, -0.2) is 27.9 Å². The van der Waals surface area contributed by atoms with Crippen molar-refractivity contribution in [2.24, 2.45) is 0 Å². The number of hydrogen-bond acceptors (Lipinski definition) is 9. The zero-order valence-electron chi connectivity index (χ0n) is 15.7. The lowest BCUT2D eigenvalue weighted by atomic mass is 10.2. The van der Waals surface area contributed by atoms with E-state index in [1.807, 2.05) is 0 Å². The molecule has 0 aliphatic heterocycles. The second kappa shape index (κ2) is 7.26. The summed E-state index contributed by atoms with van der Waals surface area (Å²) in [5.74, 6) is -1.66. The van der Waals surface area contributed by atoms with Gasteiger partial charge in [0, 0.05) is 6.07 Å². The van der Waals surface area contributed by atoms with Gasteiger partial charge in [-0.15, -0.1) is 0 Å². The minimum Gasteiger partial charge on any atom is -0.452 e. The molecule has 0 radical (unpaired) electrons. The van der Waals surface area contributed by atoms with Crippen molar-refractivity contribution in [3.63, 3.8) is 0 Å². The third-order valence-corrected chi connectivity index (χ3v) is 6.17. The van der Waals surface area contributed by atoms with Crippen molar-refractivity contribution in [2.45, 2.75) is 11.0 Å². The zero-order valence-corrected chi connectivity index (χ0v) is 17.4. The first-order valence-electron chi connectivity index (χ1n) is 8.45. The molecule has 9 nitrogen and oxygen atoms in total. The van der Waals surface area contributed by atoms with E-state index in [2.05, 4.69) is 8.37 Å². The van der Waals surface area contributed by atoms with Crippen molar-refractivity contribution in [1.29, 1.82) is 0 Å². The van der Waals surface area contributed by atoms with Gasteiger partial charge in [0.15, 0.2) is 5.58 Å². The average Bonchev–Trinajstić information content (AvgIpc) is 3.04. The summed E-state index contributed by atoms with van der Waals surface area (Å²) in [7, 11) is -12.0. The molecule has 0 amide bonds. The van der Waals surface area contributed by atoms with Crippen molar-refractivity contribution >= 4 is 53.3 Å². The first-order chi connectivity index (χ1) is 15.5. The van der Waals surface area contributed by atoms with Crippen LogP contribution in [0.25, 0.3) is 33.1 Å².